The summed E-state index contributed by atoms with van der Waals surface area (Å²) in [6.45, 7) is 1.31. The molecule has 1 aliphatic heterocycles. The second-order valence-electron chi connectivity index (χ2n) is 5.53. The zero-order valence-electron chi connectivity index (χ0n) is 12.4. The second-order valence-corrected chi connectivity index (χ2v) is 5.53. The molecule has 1 heterocycles. The van der Waals surface area contributed by atoms with Crippen molar-refractivity contribution in [1.82, 2.24) is 5.32 Å². The molecule has 2 aromatic rings. The Kier molecular flexibility index (Phi) is 4.71. The van der Waals surface area contributed by atoms with Crippen LogP contribution < -0.4 is 10.1 Å². The predicted molar refractivity (Wildman–Crippen MR) is 83.1 cm³/mol. The molecule has 3 rings (SSSR count). The highest BCUT2D eigenvalue weighted by Crippen LogP contribution is 2.32. The van der Waals surface area contributed by atoms with E-state index in [1.165, 1.54) is 12.1 Å². The van der Waals surface area contributed by atoms with Gasteiger partial charge in [-0.3, -0.25) is 0 Å². The average Bonchev–Trinajstić information content (AvgIpc) is 2.74. The van der Waals surface area contributed by atoms with E-state index in [0.29, 0.717) is 18.9 Å². The number of aliphatic hydroxyl groups is 1. The Morgan fingerprint density at radius 2 is 2.00 bits per heavy atom. The monoisotopic (exact) mass is 301 g/mol. The average molecular weight is 301 g/mol. The van der Waals surface area contributed by atoms with Gasteiger partial charge >= 0.3 is 0 Å². The molecule has 116 valence electrons. The number of halogens is 1. The van der Waals surface area contributed by atoms with Gasteiger partial charge in [0.05, 0.1) is 13.2 Å². The van der Waals surface area contributed by atoms with Crippen molar-refractivity contribution in [2.75, 3.05) is 6.61 Å². The molecule has 1 atom stereocenters. The van der Waals surface area contributed by atoms with E-state index in [0.717, 1.165) is 29.5 Å². The topological polar surface area (TPSA) is 41.5 Å². The standard InChI is InChI=1S/C18H20FNO2/c19-15-7-8-16-17(6-3-9-22-18(16)10-15)20-11-13-4-1-2-5-14(13)12-21/h1-2,4-5,7-8,10,17,20-21H,3,6,9,11-12H2. The maximum absolute atomic E-state index is 13.4. The zero-order valence-corrected chi connectivity index (χ0v) is 12.4. The lowest BCUT2D eigenvalue weighted by molar-refractivity contribution is 0.280. The van der Waals surface area contributed by atoms with Crippen LogP contribution in [0.4, 0.5) is 4.39 Å². The van der Waals surface area contributed by atoms with E-state index in [-0.39, 0.29) is 18.5 Å². The Hall–Kier alpha value is -1.91. The van der Waals surface area contributed by atoms with Crippen molar-refractivity contribution in [2.24, 2.45) is 0 Å². The summed E-state index contributed by atoms with van der Waals surface area (Å²) in [5.74, 6) is 0.357. The van der Waals surface area contributed by atoms with Crippen LogP contribution >= 0.6 is 0 Å². The van der Waals surface area contributed by atoms with Crippen LogP contribution in [0, 0.1) is 5.82 Å². The van der Waals surface area contributed by atoms with Crippen molar-refractivity contribution in [2.45, 2.75) is 32.0 Å². The molecule has 0 saturated heterocycles. The molecule has 0 saturated carbocycles. The van der Waals surface area contributed by atoms with Crippen molar-refractivity contribution in [3.63, 3.8) is 0 Å². The molecular formula is C18H20FNO2. The Bertz CT molecular complexity index is 645. The maximum Gasteiger partial charge on any atom is 0.126 e. The number of ether oxygens (including phenoxy) is 1. The van der Waals surface area contributed by atoms with E-state index >= 15 is 0 Å². The van der Waals surface area contributed by atoms with Gasteiger partial charge in [-0.2, -0.15) is 0 Å². The van der Waals surface area contributed by atoms with Crippen molar-refractivity contribution in [1.29, 1.82) is 0 Å². The third kappa shape index (κ3) is 3.29. The number of nitrogens with one attached hydrogen (secondary N) is 1. The molecule has 2 N–H and O–H groups in total. The molecule has 0 aromatic heterocycles. The fraction of sp³-hybridized carbons (Fsp3) is 0.333. The minimum Gasteiger partial charge on any atom is -0.493 e. The summed E-state index contributed by atoms with van der Waals surface area (Å²) in [7, 11) is 0. The van der Waals surface area contributed by atoms with Gasteiger partial charge in [-0.25, -0.2) is 4.39 Å². The highest BCUT2D eigenvalue weighted by atomic mass is 19.1. The van der Waals surface area contributed by atoms with Crippen molar-refractivity contribution in [3.8, 4) is 5.75 Å². The minimum atomic E-state index is -0.273. The van der Waals surface area contributed by atoms with Crippen molar-refractivity contribution in [3.05, 3.63) is 65.0 Å². The molecular weight excluding hydrogens is 281 g/mol. The van der Waals surface area contributed by atoms with Crippen LogP contribution in [0.1, 0.15) is 35.6 Å². The molecule has 0 fully saturated rings. The molecule has 1 aliphatic rings. The van der Waals surface area contributed by atoms with Crippen LogP contribution in [0.3, 0.4) is 0 Å². The van der Waals surface area contributed by atoms with Crippen LogP contribution in [-0.4, -0.2) is 11.7 Å². The number of hydrogen-bond donors (Lipinski definition) is 2. The van der Waals surface area contributed by atoms with Crippen LogP contribution in [-0.2, 0) is 13.2 Å². The molecule has 4 heteroatoms. The normalized spacial score (nSPS) is 17.5. The van der Waals surface area contributed by atoms with Crippen LogP contribution in [0.2, 0.25) is 0 Å². The number of benzene rings is 2. The number of aliphatic hydroxyl groups excluding tert-OH is 1. The zero-order chi connectivity index (χ0) is 15.4. The summed E-state index contributed by atoms with van der Waals surface area (Å²) >= 11 is 0. The SMILES string of the molecule is OCc1ccccc1CNC1CCCOc2cc(F)ccc21. The Morgan fingerprint density at radius 1 is 1.18 bits per heavy atom. The maximum atomic E-state index is 13.4. The van der Waals surface area contributed by atoms with Crippen molar-refractivity contribution < 1.29 is 14.2 Å². The van der Waals surface area contributed by atoms with Crippen LogP contribution in [0.5, 0.6) is 5.75 Å². The third-order valence-electron chi connectivity index (χ3n) is 4.07. The highest BCUT2D eigenvalue weighted by molar-refractivity contribution is 5.37. The molecule has 2 aromatic carbocycles. The lowest BCUT2D eigenvalue weighted by atomic mass is 10.0. The van der Waals surface area contributed by atoms with Crippen molar-refractivity contribution >= 4 is 0 Å². The van der Waals surface area contributed by atoms with Crippen LogP contribution in [0.15, 0.2) is 42.5 Å². The summed E-state index contributed by atoms with van der Waals surface area (Å²) in [6, 6.07) is 12.7. The third-order valence-corrected chi connectivity index (χ3v) is 4.07. The minimum absolute atomic E-state index is 0.0351. The van der Waals surface area contributed by atoms with Crippen LogP contribution in [0.25, 0.3) is 0 Å². The highest BCUT2D eigenvalue weighted by Gasteiger charge is 2.20. The first-order valence-electron chi connectivity index (χ1n) is 7.61. The van der Waals surface area contributed by atoms with E-state index in [2.05, 4.69) is 5.32 Å². The van der Waals surface area contributed by atoms with Gasteiger partial charge in [-0.1, -0.05) is 30.3 Å². The lowest BCUT2D eigenvalue weighted by Gasteiger charge is -2.19. The summed E-state index contributed by atoms with van der Waals surface area (Å²) in [5.41, 5.74) is 3.01. The molecule has 1 unspecified atom stereocenters. The van der Waals surface area contributed by atoms with Gasteiger partial charge in [0, 0.05) is 24.2 Å². The Balaban J connectivity index is 1.78. The summed E-state index contributed by atoms with van der Waals surface area (Å²) in [5, 5.41) is 12.9. The molecule has 22 heavy (non-hydrogen) atoms. The molecule has 0 radical (unpaired) electrons. The molecule has 0 aliphatic carbocycles. The number of fused-ring (bicyclic) bond motifs is 1. The largest absolute Gasteiger partial charge is 0.493 e. The molecule has 3 nitrogen and oxygen atoms in total. The lowest BCUT2D eigenvalue weighted by Crippen LogP contribution is -2.21. The van der Waals surface area contributed by atoms with Gasteiger partial charge in [0.15, 0.2) is 0 Å². The first-order chi connectivity index (χ1) is 10.8. The second kappa shape index (κ2) is 6.90. The summed E-state index contributed by atoms with van der Waals surface area (Å²) < 4.78 is 19.0. The number of hydrogen-bond acceptors (Lipinski definition) is 3. The Labute approximate surface area is 129 Å². The van der Waals surface area contributed by atoms with Gasteiger partial charge in [-0.15, -0.1) is 0 Å². The first-order valence-corrected chi connectivity index (χ1v) is 7.61. The fourth-order valence-corrected chi connectivity index (χ4v) is 2.88. The molecule has 0 bridgehead atoms. The predicted octanol–water partition coefficient (Wildman–Crippen LogP) is 3.32. The van der Waals surface area contributed by atoms with Gasteiger partial charge in [0.1, 0.15) is 11.6 Å². The smallest absolute Gasteiger partial charge is 0.126 e. The van der Waals surface area contributed by atoms with E-state index < -0.39 is 0 Å². The van der Waals surface area contributed by atoms with Gasteiger partial charge in [0.2, 0.25) is 0 Å². The summed E-state index contributed by atoms with van der Waals surface area (Å²) in [4.78, 5) is 0. The van der Waals surface area contributed by atoms with E-state index in [1.54, 1.807) is 6.07 Å². The first kappa shape index (κ1) is 15.0. The van der Waals surface area contributed by atoms with Gasteiger partial charge < -0.3 is 15.2 Å². The Morgan fingerprint density at radius 3 is 2.82 bits per heavy atom. The van der Waals surface area contributed by atoms with Gasteiger partial charge in [-0.05, 0) is 30.0 Å². The van der Waals surface area contributed by atoms with E-state index in [1.807, 2.05) is 24.3 Å². The van der Waals surface area contributed by atoms with Gasteiger partial charge in [0.25, 0.3) is 0 Å². The molecule has 0 spiro atoms. The number of rotatable bonds is 4. The van der Waals surface area contributed by atoms with E-state index in [9.17, 15) is 9.50 Å². The van der Waals surface area contributed by atoms with E-state index in [4.69, 9.17) is 4.74 Å². The quantitative estimate of drug-likeness (QED) is 0.910. The fourth-order valence-electron chi connectivity index (χ4n) is 2.88. The summed E-state index contributed by atoms with van der Waals surface area (Å²) in [6.07, 6.45) is 1.87. The molecule has 0 amide bonds.